The Labute approximate surface area is 197 Å². The van der Waals surface area contributed by atoms with Crippen LogP contribution in [0.5, 0.6) is 0 Å². The van der Waals surface area contributed by atoms with Crippen LogP contribution < -0.4 is 5.32 Å². The molecule has 5 rings (SSSR count). The fourth-order valence-electron chi connectivity index (χ4n) is 3.95. The highest BCUT2D eigenvalue weighted by Crippen LogP contribution is 2.28. The smallest absolute Gasteiger partial charge is 0.252 e. The lowest BCUT2D eigenvalue weighted by Gasteiger charge is -2.12. The first-order chi connectivity index (χ1) is 16.5. The number of benzene rings is 2. The number of carbonyl (C=O) groups excluding carboxylic acids is 1. The summed E-state index contributed by atoms with van der Waals surface area (Å²) in [7, 11) is 0. The zero-order valence-corrected chi connectivity index (χ0v) is 19.3. The number of hydrogen-bond donors (Lipinski definition) is 1. The molecule has 0 aliphatic carbocycles. The summed E-state index contributed by atoms with van der Waals surface area (Å²) in [5.74, 6) is 0.311. The van der Waals surface area contributed by atoms with E-state index in [1.54, 1.807) is 12.5 Å². The highest BCUT2D eigenvalue weighted by atomic mass is 16.3. The molecule has 170 valence electrons. The van der Waals surface area contributed by atoms with Gasteiger partial charge in [-0.1, -0.05) is 42.5 Å². The van der Waals surface area contributed by atoms with E-state index in [0.717, 1.165) is 22.4 Å². The van der Waals surface area contributed by atoms with Crippen molar-refractivity contribution in [3.8, 4) is 22.7 Å². The zero-order valence-electron chi connectivity index (χ0n) is 19.3. The van der Waals surface area contributed by atoms with E-state index in [1.165, 1.54) is 0 Å². The van der Waals surface area contributed by atoms with Gasteiger partial charge in [0, 0.05) is 17.2 Å². The summed E-state index contributed by atoms with van der Waals surface area (Å²) in [5, 5.41) is 8.19. The molecule has 3 aromatic heterocycles. The second-order valence-corrected chi connectivity index (χ2v) is 8.48. The summed E-state index contributed by atoms with van der Waals surface area (Å²) in [6, 6.07) is 19.6. The van der Waals surface area contributed by atoms with Crippen LogP contribution >= 0.6 is 0 Å². The normalized spacial score (nSPS) is 11.3. The Morgan fingerprint density at radius 2 is 1.82 bits per heavy atom. The number of amides is 1. The molecule has 5 aromatic rings. The first-order valence-corrected chi connectivity index (χ1v) is 11.2. The first kappa shape index (κ1) is 21.6. The molecule has 0 fully saturated rings. The van der Waals surface area contributed by atoms with Crippen LogP contribution in [-0.4, -0.2) is 25.7 Å². The van der Waals surface area contributed by atoms with Gasteiger partial charge in [-0.05, 0) is 44.5 Å². The number of nitrogens with zero attached hydrogens (tertiary/aromatic N) is 4. The summed E-state index contributed by atoms with van der Waals surface area (Å²) < 4.78 is 7.44. The zero-order chi connectivity index (χ0) is 23.7. The lowest BCUT2D eigenvalue weighted by Crippen LogP contribution is -2.23. The Bertz CT molecular complexity index is 1470. The maximum absolute atomic E-state index is 13.3. The molecule has 7 nitrogen and oxygen atoms in total. The molecule has 7 heteroatoms. The number of fused-ring (bicyclic) bond motifs is 1. The maximum atomic E-state index is 13.3. The molecule has 3 heterocycles. The molecule has 0 aliphatic rings. The molecule has 1 amide bonds. The molecule has 34 heavy (non-hydrogen) atoms. The molecule has 0 bridgehead atoms. The molecule has 0 spiro atoms. The van der Waals surface area contributed by atoms with Crippen molar-refractivity contribution in [3.63, 3.8) is 0 Å². The fraction of sp³-hybridized carbons (Fsp3) is 0.185. The Morgan fingerprint density at radius 3 is 2.59 bits per heavy atom. The number of aryl methyl sites for hydroxylation is 1. The van der Waals surface area contributed by atoms with Crippen LogP contribution in [0.3, 0.4) is 0 Å². The largest absolute Gasteiger partial charge is 0.444 e. The van der Waals surface area contributed by atoms with Crippen molar-refractivity contribution in [2.24, 2.45) is 0 Å². The quantitative estimate of drug-likeness (QED) is 0.365. The van der Waals surface area contributed by atoms with E-state index in [2.05, 4.69) is 15.4 Å². The van der Waals surface area contributed by atoms with Crippen LogP contribution in [-0.2, 0) is 6.54 Å². The first-order valence-electron chi connectivity index (χ1n) is 11.2. The third-order valence-corrected chi connectivity index (χ3v) is 5.72. The average molecular weight is 452 g/mol. The third-order valence-electron chi connectivity index (χ3n) is 5.72. The van der Waals surface area contributed by atoms with Crippen molar-refractivity contribution in [2.75, 3.05) is 0 Å². The van der Waals surface area contributed by atoms with E-state index in [4.69, 9.17) is 9.40 Å². The van der Waals surface area contributed by atoms with Crippen molar-refractivity contribution in [1.29, 1.82) is 0 Å². The van der Waals surface area contributed by atoms with Crippen LogP contribution in [0.2, 0.25) is 0 Å². The van der Waals surface area contributed by atoms with E-state index in [9.17, 15) is 4.79 Å². The lowest BCUT2D eigenvalue weighted by atomic mass is 10.0. The molecule has 0 unspecified atom stereocenters. The lowest BCUT2D eigenvalue weighted by molar-refractivity contribution is 0.0952. The number of pyridine rings is 1. The van der Waals surface area contributed by atoms with Gasteiger partial charge in [0.2, 0.25) is 5.89 Å². The molecular weight excluding hydrogens is 426 g/mol. The molecule has 2 aromatic carbocycles. The molecular formula is C27H25N5O2. The SMILES string of the molecule is Cc1ccccc1-c1cc(C(=O)NCc2coc(-c3ccccc3)n2)c2cnn(C(C)C)c2n1. The predicted octanol–water partition coefficient (Wildman–Crippen LogP) is 5.57. The predicted molar refractivity (Wildman–Crippen MR) is 131 cm³/mol. The number of carbonyl (C=O) groups is 1. The van der Waals surface area contributed by atoms with Gasteiger partial charge in [0.05, 0.1) is 35.1 Å². The Morgan fingerprint density at radius 1 is 1.06 bits per heavy atom. The highest BCUT2D eigenvalue weighted by Gasteiger charge is 2.19. The van der Waals surface area contributed by atoms with E-state index in [0.29, 0.717) is 28.2 Å². The number of aromatic nitrogens is 4. The Kier molecular flexibility index (Phi) is 5.67. The van der Waals surface area contributed by atoms with Crippen LogP contribution in [0.4, 0.5) is 0 Å². The van der Waals surface area contributed by atoms with Crippen molar-refractivity contribution < 1.29 is 9.21 Å². The number of oxazole rings is 1. The summed E-state index contributed by atoms with van der Waals surface area (Å²) in [6.45, 7) is 6.37. The second-order valence-electron chi connectivity index (χ2n) is 8.48. The molecule has 0 radical (unpaired) electrons. The van der Waals surface area contributed by atoms with Gasteiger partial charge in [-0.25, -0.2) is 14.6 Å². The summed E-state index contributed by atoms with van der Waals surface area (Å²) >= 11 is 0. The maximum Gasteiger partial charge on any atom is 0.252 e. The number of nitrogens with one attached hydrogen (secondary N) is 1. The average Bonchev–Trinajstić information content (AvgIpc) is 3.50. The van der Waals surface area contributed by atoms with Gasteiger partial charge in [-0.15, -0.1) is 0 Å². The van der Waals surface area contributed by atoms with E-state index >= 15 is 0 Å². The van der Waals surface area contributed by atoms with Crippen molar-refractivity contribution in [2.45, 2.75) is 33.4 Å². The third kappa shape index (κ3) is 4.08. The topological polar surface area (TPSA) is 85.8 Å². The minimum Gasteiger partial charge on any atom is -0.444 e. The van der Waals surface area contributed by atoms with Gasteiger partial charge in [0.15, 0.2) is 5.65 Å². The molecule has 0 aliphatic heterocycles. The van der Waals surface area contributed by atoms with Crippen LogP contribution in [0, 0.1) is 6.92 Å². The van der Waals surface area contributed by atoms with Gasteiger partial charge in [-0.2, -0.15) is 5.10 Å². The minimum absolute atomic E-state index is 0.111. The van der Waals surface area contributed by atoms with Gasteiger partial charge < -0.3 is 9.73 Å². The van der Waals surface area contributed by atoms with Gasteiger partial charge in [0.25, 0.3) is 5.91 Å². The van der Waals surface area contributed by atoms with Crippen molar-refractivity contribution in [3.05, 3.63) is 89.9 Å². The highest BCUT2D eigenvalue weighted by molar-refractivity contribution is 6.06. The molecule has 0 saturated heterocycles. The monoisotopic (exact) mass is 451 g/mol. The summed E-state index contributed by atoms with van der Waals surface area (Å²) in [4.78, 5) is 22.7. The van der Waals surface area contributed by atoms with Crippen LogP contribution in [0.15, 0.2) is 77.5 Å². The van der Waals surface area contributed by atoms with E-state index < -0.39 is 0 Å². The Balaban J connectivity index is 1.47. The molecule has 0 atom stereocenters. The minimum atomic E-state index is -0.213. The Hall–Kier alpha value is -4.26. The number of hydrogen-bond acceptors (Lipinski definition) is 5. The van der Waals surface area contributed by atoms with Gasteiger partial charge in [0.1, 0.15) is 6.26 Å². The molecule has 1 N–H and O–H groups in total. The van der Waals surface area contributed by atoms with Crippen molar-refractivity contribution in [1.82, 2.24) is 25.1 Å². The van der Waals surface area contributed by atoms with Gasteiger partial charge >= 0.3 is 0 Å². The molecule has 0 saturated carbocycles. The fourth-order valence-corrected chi connectivity index (χ4v) is 3.95. The van der Waals surface area contributed by atoms with E-state index in [-0.39, 0.29) is 18.5 Å². The van der Waals surface area contributed by atoms with Gasteiger partial charge in [-0.3, -0.25) is 4.79 Å². The summed E-state index contributed by atoms with van der Waals surface area (Å²) in [5.41, 5.74) is 5.57. The summed E-state index contributed by atoms with van der Waals surface area (Å²) in [6.07, 6.45) is 3.28. The van der Waals surface area contributed by atoms with E-state index in [1.807, 2.05) is 86.1 Å². The number of rotatable bonds is 6. The standard InChI is InChI=1S/C27H25N5O2/c1-17(2)32-25-23(15-29-32)22(13-24(31-25)21-12-8-7-9-18(21)3)26(33)28-14-20-16-34-27(30-20)19-10-5-4-6-11-19/h4-13,15-17H,14H2,1-3H3,(H,28,33). The second kappa shape index (κ2) is 8.94. The van der Waals surface area contributed by atoms with Crippen LogP contribution in [0.1, 0.15) is 41.5 Å². The van der Waals surface area contributed by atoms with Crippen molar-refractivity contribution >= 4 is 16.9 Å². The van der Waals surface area contributed by atoms with Crippen LogP contribution in [0.25, 0.3) is 33.7 Å².